The number of anilines is 3. The van der Waals surface area contributed by atoms with Gasteiger partial charge in [0.2, 0.25) is 5.13 Å². The monoisotopic (exact) mass is 276 g/mol. The molecule has 19 heavy (non-hydrogen) atoms. The van der Waals surface area contributed by atoms with Crippen molar-refractivity contribution in [1.29, 1.82) is 0 Å². The van der Waals surface area contributed by atoms with Gasteiger partial charge in [-0.2, -0.15) is 4.37 Å². The molecule has 2 N–H and O–H groups in total. The molecule has 3 rings (SSSR count). The zero-order valence-electron chi connectivity index (χ0n) is 10.8. The summed E-state index contributed by atoms with van der Waals surface area (Å²) >= 11 is 1.47. The number of rotatable bonds is 2. The van der Waals surface area contributed by atoms with Gasteiger partial charge < -0.3 is 15.5 Å². The van der Waals surface area contributed by atoms with Gasteiger partial charge in [-0.1, -0.05) is 0 Å². The highest BCUT2D eigenvalue weighted by Gasteiger charge is 2.20. The molecule has 100 valence electrons. The van der Waals surface area contributed by atoms with E-state index in [1.54, 1.807) is 12.4 Å². The van der Waals surface area contributed by atoms with Crippen molar-refractivity contribution in [3.63, 3.8) is 0 Å². The third-order valence-corrected chi connectivity index (χ3v) is 4.10. The average molecular weight is 276 g/mol. The molecular weight excluding hydrogens is 260 g/mol. The van der Waals surface area contributed by atoms with Gasteiger partial charge in [-0.05, 0) is 13.0 Å². The Morgan fingerprint density at radius 1 is 1.21 bits per heavy atom. The second-order valence-corrected chi connectivity index (χ2v) is 5.26. The van der Waals surface area contributed by atoms with E-state index in [1.807, 2.05) is 13.0 Å². The third kappa shape index (κ3) is 2.46. The molecule has 0 aliphatic carbocycles. The molecule has 2 aromatic rings. The molecule has 0 spiro atoms. The van der Waals surface area contributed by atoms with Crippen molar-refractivity contribution >= 4 is 28.0 Å². The number of aryl methyl sites for hydroxylation is 1. The fourth-order valence-corrected chi connectivity index (χ4v) is 2.97. The van der Waals surface area contributed by atoms with Crippen LogP contribution < -0.4 is 15.5 Å². The second kappa shape index (κ2) is 5.00. The molecule has 0 amide bonds. The summed E-state index contributed by atoms with van der Waals surface area (Å²) < 4.78 is 4.23. The molecule has 0 unspecified atom stereocenters. The van der Waals surface area contributed by atoms with Crippen LogP contribution in [0.25, 0.3) is 0 Å². The van der Waals surface area contributed by atoms with Gasteiger partial charge in [0.1, 0.15) is 5.82 Å². The normalized spacial score (nSPS) is 15.8. The van der Waals surface area contributed by atoms with E-state index in [0.717, 1.165) is 48.5 Å². The van der Waals surface area contributed by atoms with Crippen LogP contribution in [0.4, 0.5) is 16.5 Å². The first-order valence-corrected chi connectivity index (χ1v) is 7.01. The quantitative estimate of drug-likeness (QED) is 0.887. The van der Waals surface area contributed by atoms with Crippen LogP contribution in [0.2, 0.25) is 0 Å². The van der Waals surface area contributed by atoms with Crippen molar-refractivity contribution in [1.82, 2.24) is 14.3 Å². The van der Waals surface area contributed by atoms with E-state index in [1.165, 1.54) is 11.5 Å². The summed E-state index contributed by atoms with van der Waals surface area (Å²) in [6.07, 6.45) is 3.49. The summed E-state index contributed by atoms with van der Waals surface area (Å²) in [5.74, 6) is 0.848. The van der Waals surface area contributed by atoms with E-state index in [2.05, 4.69) is 24.1 Å². The van der Waals surface area contributed by atoms with E-state index >= 15 is 0 Å². The lowest BCUT2D eigenvalue weighted by Gasteiger charge is -2.36. The van der Waals surface area contributed by atoms with Crippen LogP contribution in [0.5, 0.6) is 0 Å². The van der Waals surface area contributed by atoms with Gasteiger partial charge in [0, 0.05) is 43.9 Å². The molecule has 0 aromatic carbocycles. The summed E-state index contributed by atoms with van der Waals surface area (Å²) in [6.45, 7) is 5.68. The number of nitrogens with two attached hydrogens (primary N) is 1. The van der Waals surface area contributed by atoms with Crippen LogP contribution in [-0.2, 0) is 0 Å². The standard InChI is InChI=1S/C12H16N6S/c1-9-15-12(19-16-9)18-6-4-17(5-7-18)11-2-3-14-8-10(11)13/h2-3,8H,4-7,13H2,1H3. The third-order valence-electron chi connectivity index (χ3n) is 3.24. The smallest absolute Gasteiger partial charge is 0.205 e. The van der Waals surface area contributed by atoms with Crippen LogP contribution in [0.1, 0.15) is 5.82 Å². The summed E-state index contributed by atoms with van der Waals surface area (Å²) in [5, 5.41) is 1.01. The molecule has 1 fully saturated rings. The molecule has 0 saturated carbocycles. The van der Waals surface area contributed by atoms with E-state index in [9.17, 15) is 0 Å². The Labute approximate surface area is 116 Å². The lowest BCUT2D eigenvalue weighted by atomic mass is 10.2. The van der Waals surface area contributed by atoms with Crippen LogP contribution in [0.15, 0.2) is 18.5 Å². The van der Waals surface area contributed by atoms with Gasteiger partial charge in [-0.15, -0.1) is 0 Å². The summed E-state index contributed by atoms with van der Waals surface area (Å²) in [4.78, 5) is 13.0. The first-order valence-electron chi connectivity index (χ1n) is 6.24. The van der Waals surface area contributed by atoms with Gasteiger partial charge in [-0.3, -0.25) is 4.98 Å². The molecule has 6 nitrogen and oxygen atoms in total. The van der Waals surface area contributed by atoms with Crippen LogP contribution in [-0.4, -0.2) is 40.5 Å². The molecule has 7 heteroatoms. The molecular formula is C12H16N6S. The highest BCUT2D eigenvalue weighted by Crippen LogP contribution is 2.25. The van der Waals surface area contributed by atoms with E-state index in [0.29, 0.717) is 0 Å². The van der Waals surface area contributed by atoms with Crippen LogP contribution in [0.3, 0.4) is 0 Å². The summed E-state index contributed by atoms with van der Waals surface area (Å²) in [5.41, 5.74) is 7.77. The maximum Gasteiger partial charge on any atom is 0.205 e. The number of nitrogen functional groups attached to an aromatic ring is 1. The van der Waals surface area contributed by atoms with Crippen molar-refractivity contribution in [3.05, 3.63) is 24.3 Å². The Balaban J connectivity index is 1.68. The molecule has 2 aromatic heterocycles. The Morgan fingerprint density at radius 2 is 1.95 bits per heavy atom. The number of piperazine rings is 1. The molecule has 3 heterocycles. The molecule has 0 radical (unpaired) electrons. The average Bonchev–Trinajstić information content (AvgIpc) is 2.86. The molecule has 1 aliphatic heterocycles. The van der Waals surface area contributed by atoms with Crippen molar-refractivity contribution in [3.8, 4) is 0 Å². The first-order chi connectivity index (χ1) is 9.24. The van der Waals surface area contributed by atoms with Gasteiger partial charge >= 0.3 is 0 Å². The lowest BCUT2D eigenvalue weighted by molar-refractivity contribution is 0.652. The Kier molecular flexibility index (Phi) is 3.20. The van der Waals surface area contributed by atoms with Gasteiger partial charge in [0.05, 0.1) is 17.6 Å². The van der Waals surface area contributed by atoms with E-state index < -0.39 is 0 Å². The van der Waals surface area contributed by atoms with Gasteiger partial charge in [0.15, 0.2) is 0 Å². The van der Waals surface area contributed by atoms with Crippen molar-refractivity contribution in [2.75, 3.05) is 41.7 Å². The topological polar surface area (TPSA) is 71.2 Å². The van der Waals surface area contributed by atoms with Crippen molar-refractivity contribution in [2.24, 2.45) is 0 Å². The molecule has 0 atom stereocenters. The van der Waals surface area contributed by atoms with Crippen LogP contribution >= 0.6 is 11.5 Å². The largest absolute Gasteiger partial charge is 0.396 e. The first kappa shape index (κ1) is 12.2. The maximum atomic E-state index is 5.96. The predicted octanol–water partition coefficient (Wildman–Crippen LogP) is 1.15. The molecule has 1 aliphatic rings. The van der Waals surface area contributed by atoms with Gasteiger partial charge in [0.25, 0.3) is 0 Å². The van der Waals surface area contributed by atoms with Gasteiger partial charge in [-0.25, -0.2) is 4.98 Å². The number of hydrogen-bond donors (Lipinski definition) is 1. The summed E-state index contributed by atoms with van der Waals surface area (Å²) in [6, 6.07) is 1.97. The zero-order valence-corrected chi connectivity index (χ0v) is 11.6. The van der Waals surface area contributed by atoms with Crippen molar-refractivity contribution < 1.29 is 0 Å². The number of nitrogens with zero attached hydrogens (tertiary/aromatic N) is 5. The summed E-state index contributed by atoms with van der Waals surface area (Å²) in [7, 11) is 0. The van der Waals surface area contributed by atoms with Crippen LogP contribution in [0, 0.1) is 6.92 Å². The molecule has 1 saturated heterocycles. The second-order valence-electron chi connectivity index (χ2n) is 4.53. The Morgan fingerprint density at radius 3 is 2.58 bits per heavy atom. The highest BCUT2D eigenvalue weighted by molar-refractivity contribution is 7.09. The fraction of sp³-hybridized carbons (Fsp3) is 0.417. The lowest BCUT2D eigenvalue weighted by Crippen LogP contribution is -2.46. The fourth-order valence-electron chi connectivity index (χ4n) is 2.24. The minimum Gasteiger partial charge on any atom is -0.396 e. The Bertz CT molecular complexity index is 561. The number of hydrogen-bond acceptors (Lipinski definition) is 7. The zero-order chi connectivity index (χ0) is 13.2. The number of aromatic nitrogens is 3. The minimum absolute atomic E-state index is 0.739. The SMILES string of the molecule is Cc1nsc(N2CCN(c3ccncc3N)CC2)n1. The Hall–Kier alpha value is -1.89. The number of pyridine rings is 1. The maximum absolute atomic E-state index is 5.96. The predicted molar refractivity (Wildman–Crippen MR) is 77.7 cm³/mol. The highest BCUT2D eigenvalue weighted by atomic mass is 32.1. The van der Waals surface area contributed by atoms with Crippen molar-refractivity contribution in [2.45, 2.75) is 6.92 Å². The van der Waals surface area contributed by atoms with E-state index in [4.69, 9.17) is 5.73 Å². The van der Waals surface area contributed by atoms with E-state index in [-0.39, 0.29) is 0 Å². The minimum atomic E-state index is 0.739. The molecule has 0 bridgehead atoms.